The van der Waals surface area contributed by atoms with Crippen molar-refractivity contribution in [2.24, 2.45) is 5.92 Å². The molecule has 1 unspecified atom stereocenters. The van der Waals surface area contributed by atoms with Gasteiger partial charge in [0.25, 0.3) is 0 Å². The molecule has 15 heavy (non-hydrogen) atoms. The highest BCUT2D eigenvalue weighted by molar-refractivity contribution is 6.30. The summed E-state index contributed by atoms with van der Waals surface area (Å²) >= 11 is 6.05. The number of rotatable bonds is 1. The Hall–Kier alpha value is -0.530. The van der Waals surface area contributed by atoms with E-state index in [0.717, 1.165) is 16.9 Å². The summed E-state index contributed by atoms with van der Waals surface area (Å²) in [6.07, 6.45) is 2.74. The number of nitrogens with zero attached hydrogens (tertiary/aromatic N) is 1. The normalized spacial score (nSPS) is 34.3. The molecule has 1 aromatic carbocycles. The predicted octanol–water partition coefficient (Wildman–Crippen LogP) is 3.15. The van der Waals surface area contributed by atoms with Crippen molar-refractivity contribution in [2.75, 3.05) is 19.6 Å². The Labute approximate surface area is 96.0 Å². The van der Waals surface area contributed by atoms with E-state index in [0.29, 0.717) is 0 Å². The van der Waals surface area contributed by atoms with E-state index in [1.807, 2.05) is 6.07 Å². The van der Waals surface area contributed by atoms with Gasteiger partial charge in [-0.2, -0.15) is 0 Å². The molecule has 4 rings (SSSR count). The molecule has 80 valence electrons. The van der Waals surface area contributed by atoms with E-state index in [-0.39, 0.29) is 0 Å². The van der Waals surface area contributed by atoms with Crippen LogP contribution in [0.3, 0.4) is 0 Å². The Morgan fingerprint density at radius 3 is 2.60 bits per heavy atom. The molecule has 3 heterocycles. The summed E-state index contributed by atoms with van der Waals surface area (Å²) in [7, 11) is 0. The third-order valence-electron chi connectivity index (χ3n) is 3.93. The van der Waals surface area contributed by atoms with Gasteiger partial charge in [0.05, 0.1) is 0 Å². The maximum absolute atomic E-state index is 6.05. The largest absolute Gasteiger partial charge is 0.303 e. The lowest BCUT2D eigenvalue weighted by Gasteiger charge is -2.45. The highest BCUT2D eigenvalue weighted by Crippen LogP contribution is 2.39. The average Bonchev–Trinajstić information content (AvgIpc) is 2.30. The van der Waals surface area contributed by atoms with Gasteiger partial charge in [-0.25, -0.2) is 0 Å². The number of halogens is 1. The summed E-state index contributed by atoms with van der Waals surface area (Å²) in [6, 6.07) is 8.42. The fourth-order valence-corrected chi connectivity index (χ4v) is 3.28. The molecule has 1 nitrogen and oxygen atoms in total. The molecule has 2 bridgehead atoms. The third-order valence-corrected chi connectivity index (χ3v) is 4.17. The van der Waals surface area contributed by atoms with Crippen molar-refractivity contribution in [1.82, 2.24) is 4.90 Å². The van der Waals surface area contributed by atoms with E-state index >= 15 is 0 Å². The van der Waals surface area contributed by atoms with Crippen molar-refractivity contribution >= 4 is 11.6 Å². The number of fused-ring (bicyclic) bond motifs is 3. The summed E-state index contributed by atoms with van der Waals surface area (Å²) in [5, 5.41) is 0.879. The van der Waals surface area contributed by atoms with Crippen LogP contribution in [0, 0.1) is 5.92 Å². The zero-order chi connectivity index (χ0) is 10.3. The van der Waals surface area contributed by atoms with E-state index in [1.165, 1.54) is 38.0 Å². The summed E-state index contributed by atoms with van der Waals surface area (Å²) in [4.78, 5) is 2.59. The molecule has 0 spiro atoms. The monoisotopic (exact) mass is 221 g/mol. The first-order chi connectivity index (χ1) is 7.33. The van der Waals surface area contributed by atoms with Gasteiger partial charge in [0.2, 0.25) is 0 Å². The lowest BCUT2D eigenvalue weighted by Crippen LogP contribution is -2.46. The second kappa shape index (κ2) is 3.80. The van der Waals surface area contributed by atoms with Gasteiger partial charge in [0, 0.05) is 11.6 Å². The molecule has 3 aliphatic rings. The summed E-state index contributed by atoms with van der Waals surface area (Å²) < 4.78 is 0. The van der Waals surface area contributed by atoms with Crippen molar-refractivity contribution in [3.8, 4) is 0 Å². The van der Waals surface area contributed by atoms with Gasteiger partial charge < -0.3 is 4.90 Å². The zero-order valence-corrected chi connectivity index (χ0v) is 9.58. The van der Waals surface area contributed by atoms with E-state index in [4.69, 9.17) is 11.6 Å². The number of benzene rings is 1. The summed E-state index contributed by atoms with van der Waals surface area (Å²) in [5.74, 6) is 1.62. The Morgan fingerprint density at radius 1 is 1.20 bits per heavy atom. The molecule has 3 fully saturated rings. The number of hydrogen-bond acceptors (Lipinski definition) is 1. The van der Waals surface area contributed by atoms with Crippen LogP contribution >= 0.6 is 11.6 Å². The molecular weight excluding hydrogens is 206 g/mol. The molecule has 0 radical (unpaired) electrons. The van der Waals surface area contributed by atoms with Crippen molar-refractivity contribution in [2.45, 2.75) is 18.8 Å². The smallest absolute Gasteiger partial charge is 0.0408 e. The van der Waals surface area contributed by atoms with E-state index in [1.54, 1.807) is 0 Å². The van der Waals surface area contributed by atoms with E-state index in [9.17, 15) is 0 Å². The van der Waals surface area contributed by atoms with Gasteiger partial charge in [-0.05, 0) is 55.5 Å². The van der Waals surface area contributed by atoms with Crippen LogP contribution in [0.1, 0.15) is 24.3 Å². The van der Waals surface area contributed by atoms with Crippen molar-refractivity contribution in [1.29, 1.82) is 0 Å². The SMILES string of the molecule is Clc1cccc(C2CN3CCC2CC3)c1. The van der Waals surface area contributed by atoms with Crippen LogP contribution in [0.15, 0.2) is 24.3 Å². The number of piperidine rings is 3. The van der Waals surface area contributed by atoms with Crippen molar-refractivity contribution < 1.29 is 0 Å². The Bertz CT molecular complexity index is 355. The minimum Gasteiger partial charge on any atom is -0.303 e. The molecular formula is C13H16ClN. The molecule has 0 N–H and O–H groups in total. The van der Waals surface area contributed by atoms with Gasteiger partial charge in [0.1, 0.15) is 0 Å². The first-order valence-corrected chi connectivity index (χ1v) is 6.18. The first-order valence-electron chi connectivity index (χ1n) is 5.81. The quantitative estimate of drug-likeness (QED) is 0.704. The van der Waals surface area contributed by atoms with Crippen molar-refractivity contribution in [3.05, 3.63) is 34.9 Å². The average molecular weight is 222 g/mol. The fraction of sp³-hybridized carbons (Fsp3) is 0.538. The van der Waals surface area contributed by atoms with Crippen LogP contribution in [0.5, 0.6) is 0 Å². The second-order valence-electron chi connectivity index (χ2n) is 4.80. The lowest BCUT2D eigenvalue weighted by atomic mass is 9.75. The van der Waals surface area contributed by atoms with Crippen LogP contribution in [0.25, 0.3) is 0 Å². The summed E-state index contributed by atoms with van der Waals surface area (Å²) in [6.45, 7) is 3.86. The maximum atomic E-state index is 6.05. The molecule has 0 amide bonds. The first kappa shape index (κ1) is 9.68. The van der Waals surface area contributed by atoms with Crippen molar-refractivity contribution in [3.63, 3.8) is 0 Å². The molecule has 0 aromatic heterocycles. The Morgan fingerprint density at radius 2 is 2.00 bits per heavy atom. The van der Waals surface area contributed by atoms with Crippen LogP contribution < -0.4 is 0 Å². The van der Waals surface area contributed by atoms with Gasteiger partial charge in [-0.3, -0.25) is 0 Å². The summed E-state index contributed by atoms with van der Waals surface area (Å²) in [5.41, 5.74) is 1.44. The molecule has 3 saturated heterocycles. The minimum atomic E-state index is 0.728. The predicted molar refractivity (Wildman–Crippen MR) is 63.4 cm³/mol. The molecule has 2 heteroatoms. The maximum Gasteiger partial charge on any atom is 0.0408 e. The van der Waals surface area contributed by atoms with Crippen LogP contribution in [0.2, 0.25) is 5.02 Å². The molecule has 1 atom stereocenters. The third kappa shape index (κ3) is 1.79. The lowest BCUT2D eigenvalue weighted by molar-refractivity contribution is 0.0871. The van der Waals surface area contributed by atoms with Crippen LogP contribution in [0.4, 0.5) is 0 Å². The van der Waals surface area contributed by atoms with E-state index < -0.39 is 0 Å². The van der Waals surface area contributed by atoms with Gasteiger partial charge >= 0.3 is 0 Å². The zero-order valence-electron chi connectivity index (χ0n) is 8.82. The molecule has 0 saturated carbocycles. The fourth-order valence-electron chi connectivity index (χ4n) is 3.08. The van der Waals surface area contributed by atoms with E-state index in [2.05, 4.69) is 23.1 Å². The topological polar surface area (TPSA) is 3.24 Å². The molecule has 3 aliphatic heterocycles. The molecule has 0 aliphatic carbocycles. The Balaban J connectivity index is 1.88. The second-order valence-corrected chi connectivity index (χ2v) is 5.24. The van der Waals surface area contributed by atoms with Gasteiger partial charge in [-0.1, -0.05) is 23.7 Å². The van der Waals surface area contributed by atoms with Gasteiger partial charge in [-0.15, -0.1) is 0 Å². The van der Waals surface area contributed by atoms with Crippen LogP contribution in [-0.4, -0.2) is 24.5 Å². The highest BCUT2D eigenvalue weighted by Gasteiger charge is 2.34. The minimum absolute atomic E-state index is 0.728. The Kier molecular flexibility index (Phi) is 2.45. The number of hydrogen-bond donors (Lipinski definition) is 0. The standard InChI is InChI=1S/C13H16ClN/c14-12-3-1-2-11(8-12)13-9-15-6-4-10(13)5-7-15/h1-3,8,10,13H,4-7,9H2. The van der Waals surface area contributed by atoms with Gasteiger partial charge in [0.15, 0.2) is 0 Å². The highest BCUT2D eigenvalue weighted by atomic mass is 35.5. The molecule has 1 aromatic rings. The van der Waals surface area contributed by atoms with Crippen LogP contribution in [-0.2, 0) is 0 Å².